The first-order valence-electron chi connectivity index (χ1n) is 4.65. The minimum absolute atomic E-state index is 0.0642. The topological polar surface area (TPSA) is 65.5 Å². The molecule has 0 radical (unpaired) electrons. The molecule has 1 aromatic rings. The van der Waals surface area contributed by atoms with Gasteiger partial charge in [0.05, 0.1) is 14.2 Å². The number of hydrogen-bond donors (Lipinski definition) is 0. The number of carbonyl (C=O) groups is 2. The molecule has 0 fully saturated rings. The Labute approximate surface area is 93.4 Å². The van der Waals surface area contributed by atoms with E-state index >= 15 is 0 Å². The van der Waals surface area contributed by atoms with Crippen LogP contribution in [0, 0.1) is 13.8 Å². The molecular weight excluding hydrogens is 210 g/mol. The summed E-state index contributed by atoms with van der Waals surface area (Å²) in [6.45, 7) is 3.49. The summed E-state index contributed by atoms with van der Waals surface area (Å²) in [4.78, 5) is 26.6. The third-order valence-corrected chi connectivity index (χ3v) is 2.23. The zero-order valence-electron chi connectivity index (χ0n) is 9.66. The van der Waals surface area contributed by atoms with Crippen LogP contribution in [0.5, 0.6) is 5.75 Å². The maximum Gasteiger partial charge on any atom is 0.381 e. The lowest BCUT2D eigenvalue weighted by molar-refractivity contribution is -0.135. The van der Waals surface area contributed by atoms with Crippen molar-refractivity contribution in [1.82, 2.24) is 4.98 Å². The second-order valence-corrected chi connectivity index (χ2v) is 3.27. The summed E-state index contributed by atoms with van der Waals surface area (Å²) >= 11 is 0. The number of aromatic nitrogens is 1. The van der Waals surface area contributed by atoms with E-state index in [2.05, 4.69) is 9.72 Å². The summed E-state index contributed by atoms with van der Waals surface area (Å²) < 4.78 is 9.49. The quantitative estimate of drug-likeness (QED) is 0.435. The van der Waals surface area contributed by atoms with Gasteiger partial charge in [0.2, 0.25) is 0 Å². The summed E-state index contributed by atoms with van der Waals surface area (Å²) in [6.07, 6.45) is 1.49. The van der Waals surface area contributed by atoms with Crippen LogP contribution >= 0.6 is 0 Å². The van der Waals surface area contributed by atoms with Gasteiger partial charge in [-0.25, -0.2) is 4.79 Å². The SMILES string of the molecule is COC(=O)C(=O)c1ncc(C)c(OC)c1C. The number of Topliss-reactive ketones (excluding diaryl/α,β-unsaturated/α-hetero) is 1. The summed E-state index contributed by atoms with van der Waals surface area (Å²) in [5, 5.41) is 0. The Morgan fingerprint density at radius 3 is 2.38 bits per heavy atom. The Kier molecular flexibility index (Phi) is 3.60. The average Bonchev–Trinajstić information content (AvgIpc) is 2.28. The van der Waals surface area contributed by atoms with E-state index in [-0.39, 0.29) is 5.69 Å². The molecule has 16 heavy (non-hydrogen) atoms. The van der Waals surface area contributed by atoms with Crippen LogP contribution in [0.3, 0.4) is 0 Å². The fourth-order valence-corrected chi connectivity index (χ4v) is 1.45. The van der Waals surface area contributed by atoms with Gasteiger partial charge in [0.15, 0.2) is 0 Å². The van der Waals surface area contributed by atoms with Gasteiger partial charge in [0, 0.05) is 17.3 Å². The highest BCUT2D eigenvalue weighted by Crippen LogP contribution is 2.24. The number of carbonyl (C=O) groups excluding carboxylic acids is 2. The number of methoxy groups -OCH3 is 2. The molecule has 0 aromatic carbocycles. The van der Waals surface area contributed by atoms with Crippen LogP contribution in [-0.4, -0.2) is 31.0 Å². The van der Waals surface area contributed by atoms with Crippen molar-refractivity contribution in [2.24, 2.45) is 0 Å². The van der Waals surface area contributed by atoms with E-state index in [0.717, 1.165) is 12.7 Å². The molecule has 5 heteroatoms. The highest BCUT2D eigenvalue weighted by molar-refractivity contribution is 6.40. The predicted octanol–water partition coefficient (Wildman–Crippen LogP) is 1.06. The molecule has 1 rings (SSSR count). The molecule has 0 saturated carbocycles. The first-order valence-corrected chi connectivity index (χ1v) is 4.65. The molecule has 86 valence electrons. The first-order chi connectivity index (χ1) is 7.52. The minimum atomic E-state index is -0.929. The van der Waals surface area contributed by atoms with Crippen LogP contribution in [0.15, 0.2) is 6.20 Å². The van der Waals surface area contributed by atoms with E-state index < -0.39 is 11.8 Å². The van der Waals surface area contributed by atoms with Gasteiger partial charge in [-0.15, -0.1) is 0 Å². The Morgan fingerprint density at radius 1 is 1.25 bits per heavy atom. The first kappa shape index (κ1) is 12.2. The van der Waals surface area contributed by atoms with Gasteiger partial charge >= 0.3 is 5.97 Å². The Bertz CT molecular complexity index is 440. The third-order valence-electron chi connectivity index (χ3n) is 2.23. The minimum Gasteiger partial charge on any atom is -0.496 e. The summed E-state index contributed by atoms with van der Waals surface area (Å²) in [6, 6.07) is 0. The fourth-order valence-electron chi connectivity index (χ4n) is 1.45. The molecule has 0 aliphatic heterocycles. The van der Waals surface area contributed by atoms with E-state index in [0.29, 0.717) is 11.3 Å². The van der Waals surface area contributed by atoms with E-state index in [1.165, 1.54) is 13.3 Å². The van der Waals surface area contributed by atoms with Gasteiger partial charge in [0.1, 0.15) is 11.4 Å². The number of rotatable bonds is 3. The normalized spacial score (nSPS) is 9.75. The molecule has 0 bridgehead atoms. The molecule has 0 N–H and O–H groups in total. The number of esters is 1. The average molecular weight is 223 g/mol. The molecule has 0 spiro atoms. The van der Waals surface area contributed by atoms with Crippen molar-refractivity contribution in [2.45, 2.75) is 13.8 Å². The summed E-state index contributed by atoms with van der Waals surface area (Å²) in [5.74, 6) is -1.14. The van der Waals surface area contributed by atoms with E-state index in [1.807, 2.05) is 6.92 Å². The number of pyridine rings is 1. The largest absolute Gasteiger partial charge is 0.496 e. The monoisotopic (exact) mass is 223 g/mol. The zero-order valence-corrected chi connectivity index (χ0v) is 9.66. The number of nitrogens with zero attached hydrogens (tertiary/aromatic N) is 1. The smallest absolute Gasteiger partial charge is 0.381 e. The van der Waals surface area contributed by atoms with Crippen molar-refractivity contribution >= 4 is 11.8 Å². The molecule has 5 nitrogen and oxygen atoms in total. The molecule has 0 unspecified atom stereocenters. The lowest BCUT2D eigenvalue weighted by Crippen LogP contribution is -2.18. The van der Waals surface area contributed by atoms with Gasteiger partial charge in [-0.05, 0) is 13.8 Å². The molecule has 1 heterocycles. The van der Waals surface area contributed by atoms with Crippen molar-refractivity contribution < 1.29 is 19.1 Å². The van der Waals surface area contributed by atoms with Crippen molar-refractivity contribution in [3.8, 4) is 5.75 Å². The van der Waals surface area contributed by atoms with Gasteiger partial charge in [-0.3, -0.25) is 9.78 Å². The van der Waals surface area contributed by atoms with Crippen LogP contribution in [-0.2, 0) is 9.53 Å². The molecule has 1 aromatic heterocycles. The Balaban J connectivity index is 3.26. The number of hydrogen-bond acceptors (Lipinski definition) is 5. The van der Waals surface area contributed by atoms with Crippen LogP contribution in [0.2, 0.25) is 0 Å². The maximum absolute atomic E-state index is 11.6. The van der Waals surface area contributed by atoms with Crippen LogP contribution in [0.1, 0.15) is 21.6 Å². The number of aryl methyl sites for hydroxylation is 1. The van der Waals surface area contributed by atoms with E-state index in [4.69, 9.17) is 4.74 Å². The van der Waals surface area contributed by atoms with Crippen molar-refractivity contribution in [3.05, 3.63) is 23.0 Å². The highest BCUT2D eigenvalue weighted by atomic mass is 16.5. The summed E-state index contributed by atoms with van der Waals surface area (Å²) in [5.41, 5.74) is 1.41. The lowest BCUT2D eigenvalue weighted by Gasteiger charge is -2.10. The Morgan fingerprint density at radius 2 is 1.88 bits per heavy atom. The van der Waals surface area contributed by atoms with Gasteiger partial charge in [-0.1, -0.05) is 0 Å². The standard InChI is InChI=1S/C11H13NO4/c1-6-5-12-8(7(2)10(6)15-3)9(13)11(14)16-4/h5H,1-4H3. The second kappa shape index (κ2) is 4.74. The summed E-state index contributed by atoms with van der Waals surface area (Å²) in [7, 11) is 2.66. The lowest BCUT2D eigenvalue weighted by atomic mass is 10.1. The molecule has 0 atom stereocenters. The fraction of sp³-hybridized carbons (Fsp3) is 0.364. The van der Waals surface area contributed by atoms with Crippen molar-refractivity contribution in [2.75, 3.05) is 14.2 Å². The third kappa shape index (κ3) is 2.03. The molecule has 0 amide bonds. The number of ketones is 1. The van der Waals surface area contributed by atoms with Crippen LogP contribution in [0.4, 0.5) is 0 Å². The van der Waals surface area contributed by atoms with E-state index in [1.54, 1.807) is 6.92 Å². The Hall–Kier alpha value is -1.91. The van der Waals surface area contributed by atoms with Gasteiger partial charge in [-0.2, -0.15) is 0 Å². The van der Waals surface area contributed by atoms with Gasteiger partial charge in [0.25, 0.3) is 5.78 Å². The zero-order chi connectivity index (χ0) is 12.3. The number of ether oxygens (including phenoxy) is 2. The maximum atomic E-state index is 11.6. The molecule has 0 aliphatic carbocycles. The van der Waals surface area contributed by atoms with Crippen molar-refractivity contribution in [1.29, 1.82) is 0 Å². The van der Waals surface area contributed by atoms with Crippen LogP contribution < -0.4 is 4.74 Å². The predicted molar refractivity (Wildman–Crippen MR) is 56.6 cm³/mol. The molecular formula is C11H13NO4. The van der Waals surface area contributed by atoms with E-state index in [9.17, 15) is 9.59 Å². The van der Waals surface area contributed by atoms with Crippen molar-refractivity contribution in [3.63, 3.8) is 0 Å². The van der Waals surface area contributed by atoms with Gasteiger partial charge < -0.3 is 9.47 Å². The second-order valence-electron chi connectivity index (χ2n) is 3.27. The highest BCUT2D eigenvalue weighted by Gasteiger charge is 2.22. The molecule has 0 saturated heterocycles. The molecule has 0 aliphatic rings. The van der Waals surface area contributed by atoms with Crippen LogP contribution in [0.25, 0.3) is 0 Å².